The van der Waals surface area contributed by atoms with E-state index in [1.54, 1.807) is 0 Å². The molecule has 0 aromatic rings. The molecule has 0 radical (unpaired) electrons. The highest BCUT2D eigenvalue weighted by Gasteiger charge is 2.60. The van der Waals surface area contributed by atoms with Crippen LogP contribution < -0.4 is 5.32 Å². The fraction of sp³-hybridized carbons (Fsp3) is 0.800. The Balaban J connectivity index is 1.60. The molecule has 1 N–H and O–H groups in total. The molecule has 192 valence electrons. The molecule has 0 saturated heterocycles. The van der Waals surface area contributed by atoms with Gasteiger partial charge in [-0.25, -0.2) is 0 Å². The summed E-state index contributed by atoms with van der Waals surface area (Å²) in [4.78, 5) is 12.7. The highest BCUT2D eigenvalue weighted by Crippen LogP contribution is 2.65. The number of rotatable bonds is 4. The molecule has 0 heterocycles. The zero-order valence-corrected chi connectivity index (χ0v) is 21.4. The van der Waals surface area contributed by atoms with E-state index >= 15 is 0 Å². The first-order valence-corrected chi connectivity index (χ1v) is 13.6. The van der Waals surface area contributed by atoms with Gasteiger partial charge in [0.2, 0.25) is 5.91 Å². The number of halogens is 3. The van der Waals surface area contributed by atoms with Crippen LogP contribution in [0.25, 0.3) is 0 Å². The van der Waals surface area contributed by atoms with Crippen LogP contribution in [0, 0.1) is 34.0 Å². The summed E-state index contributed by atoms with van der Waals surface area (Å²) in [7, 11) is -5.65. The quantitative estimate of drug-likeness (QED) is 0.523. The number of allylic oxidation sites excluding steroid dienone is 3. The molecule has 1 amide bonds. The summed E-state index contributed by atoms with van der Waals surface area (Å²) in [5, 5.41) is -1.08. The van der Waals surface area contributed by atoms with E-state index < -0.39 is 26.4 Å². The number of nitrogens with one attached hydrogen (secondary N) is 1. The molecule has 0 aromatic heterocycles. The normalized spacial score (nSPS) is 38.2. The molecule has 2 fully saturated rings. The molecule has 0 bridgehead atoms. The van der Waals surface area contributed by atoms with Crippen molar-refractivity contribution in [2.24, 2.45) is 34.0 Å². The Morgan fingerprint density at radius 3 is 2.41 bits per heavy atom. The largest absolute Gasteiger partial charge is 0.394 e. The van der Waals surface area contributed by atoms with Gasteiger partial charge in [0.1, 0.15) is 0 Å². The van der Waals surface area contributed by atoms with Crippen molar-refractivity contribution in [1.29, 1.82) is 0 Å². The smallest absolute Gasteiger partial charge is 0.352 e. The second-order valence-electron chi connectivity index (χ2n) is 12.3. The Morgan fingerprint density at radius 2 is 1.79 bits per heavy atom. The molecule has 4 rings (SSSR count). The first-order valence-electron chi connectivity index (χ1n) is 12.2. The molecular formula is C25H36F3NO4S. The average Bonchev–Trinajstić information content (AvgIpc) is 3.08. The molecule has 34 heavy (non-hydrogen) atoms. The lowest BCUT2D eigenvalue weighted by Gasteiger charge is -2.57. The van der Waals surface area contributed by atoms with Crippen LogP contribution in [-0.4, -0.2) is 25.6 Å². The maximum atomic E-state index is 14.5. The average molecular weight is 504 g/mol. The van der Waals surface area contributed by atoms with Crippen molar-refractivity contribution in [1.82, 2.24) is 5.32 Å². The summed E-state index contributed by atoms with van der Waals surface area (Å²) in [5.74, 6) is 1.18. The van der Waals surface area contributed by atoms with E-state index in [1.807, 2.05) is 26.8 Å². The van der Waals surface area contributed by atoms with Crippen molar-refractivity contribution < 1.29 is 30.9 Å². The van der Waals surface area contributed by atoms with Crippen molar-refractivity contribution >= 4 is 16.0 Å². The molecular weight excluding hydrogens is 467 g/mol. The number of amides is 1. The van der Waals surface area contributed by atoms with Gasteiger partial charge in [-0.15, -0.1) is 0 Å². The maximum Gasteiger partial charge on any atom is 0.394 e. The third-order valence-electron chi connectivity index (χ3n) is 9.53. The van der Waals surface area contributed by atoms with Gasteiger partial charge >= 0.3 is 15.4 Å². The predicted octanol–water partition coefficient (Wildman–Crippen LogP) is 5.84. The maximum absolute atomic E-state index is 14.5. The molecule has 2 saturated carbocycles. The van der Waals surface area contributed by atoms with Gasteiger partial charge in [-0.05, 0) is 83.6 Å². The monoisotopic (exact) mass is 503 g/mol. The van der Waals surface area contributed by atoms with Crippen molar-refractivity contribution in [2.45, 2.75) is 90.9 Å². The molecule has 6 atom stereocenters. The van der Waals surface area contributed by atoms with Crippen LogP contribution in [0.2, 0.25) is 0 Å². The van der Waals surface area contributed by atoms with Gasteiger partial charge in [0.15, 0.2) is 0 Å². The van der Waals surface area contributed by atoms with Crippen molar-refractivity contribution in [3.05, 3.63) is 23.3 Å². The zero-order valence-electron chi connectivity index (χ0n) is 20.6. The van der Waals surface area contributed by atoms with Crippen molar-refractivity contribution in [3.63, 3.8) is 0 Å². The fourth-order valence-electron chi connectivity index (χ4n) is 7.37. The van der Waals surface area contributed by atoms with E-state index in [9.17, 15) is 26.5 Å². The highest BCUT2D eigenvalue weighted by molar-refractivity contribution is 7.87. The Bertz CT molecular complexity index is 1030. The summed E-state index contributed by atoms with van der Waals surface area (Å²) in [6, 6.07) is 0.130. The van der Waals surface area contributed by atoms with E-state index in [1.165, 1.54) is 6.08 Å². The highest BCUT2D eigenvalue weighted by atomic mass is 32.2. The number of alkyl halides is 2. The minimum Gasteiger partial charge on any atom is -0.352 e. The van der Waals surface area contributed by atoms with E-state index in [0.717, 1.165) is 37.7 Å². The number of fused-ring (bicyclic) bond motifs is 5. The van der Waals surface area contributed by atoms with E-state index in [2.05, 4.69) is 23.6 Å². The zero-order chi connectivity index (χ0) is 25.3. The Labute approximate surface area is 200 Å². The third kappa shape index (κ3) is 3.76. The molecule has 9 heteroatoms. The Morgan fingerprint density at radius 1 is 1.12 bits per heavy atom. The van der Waals surface area contributed by atoms with Gasteiger partial charge in [-0.3, -0.25) is 4.79 Å². The van der Waals surface area contributed by atoms with Crippen LogP contribution >= 0.6 is 0 Å². The summed E-state index contributed by atoms with van der Waals surface area (Å²) in [6.45, 7) is 10.1. The standard InChI is InChI=1S/C25H36F3NO4S/c1-22(2,3)21(30)29-20-9-8-18-17-7-6-15-14-16(25(26,27)34(31,32)33-28)10-12-23(15,4)19(17)11-13-24(18,20)5/h6,14,17-20H,7-13H2,1-5H3,(H,29,30)/t17-,18-,19+,20?,23-,24-/m0/s1. The molecule has 0 aromatic carbocycles. The fourth-order valence-corrected chi connectivity index (χ4v) is 7.93. The lowest BCUT2D eigenvalue weighted by Crippen LogP contribution is -2.54. The number of carbonyl (C=O) groups excluding carboxylic acids is 1. The van der Waals surface area contributed by atoms with Crippen LogP contribution in [0.4, 0.5) is 13.3 Å². The minimum atomic E-state index is -5.65. The SMILES string of the molecule is CC(C)(C)C(=O)NC1CC[C@H]2[C@@H]3CC=C4C=C(C(F)(F)S(=O)(=O)OF)CC[C@]4(C)[C@@H]3CC[C@]12C. The number of hydrogen-bond acceptors (Lipinski definition) is 4. The van der Waals surface area contributed by atoms with Gasteiger partial charge in [0, 0.05) is 17.0 Å². The van der Waals surface area contributed by atoms with Crippen LogP contribution in [0.1, 0.15) is 79.6 Å². The molecule has 4 aliphatic carbocycles. The second kappa shape index (κ2) is 8.08. The lowest BCUT2D eigenvalue weighted by molar-refractivity contribution is -0.130. The van der Waals surface area contributed by atoms with Gasteiger partial charge < -0.3 is 5.32 Å². The van der Waals surface area contributed by atoms with Crippen molar-refractivity contribution in [3.8, 4) is 0 Å². The van der Waals surface area contributed by atoms with E-state index in [-0.39, 0.29) is 29.2 Å². The van der Waals surface area contributed by atoms with Crippen LogP contribution in [0.5, 0.6) is 0 Å². The van der Waals surface area contributed by atoms with Crippen LogP contribution in [0.15, 0.2) is 23.3 Å². The Hall–Kier alpha value is -1.35. The summed E-state index contributed by atoms with van der Waals surface area (Å²) >= 11 is 0. The van der Waals surface area contributed by atoms with E-state index in [0.29, 0.717) is 24.2 Å². The van der Waals surface area contributed by atoms with Crippen LogP contribution in [0.3, 0.4) is 0 Å². The molecule has 5 nitrogen and oxygen atoms in total. The minimum absolute atomic E-state index is 0.000972. The first kappa shape index (κ1) is 25.7. The molecule has 1 unspecified atom stereocenters. The second-order valence-corrected chi connectivity index (χ2v) is 13.8. The summed E-state index contributed by atoms with van der Waals surface area (Å²) < 4.78 is 66.9. The van der Waals surface area contributed by atoms with E-state index in [4.69, 9.17) is 0 Å². The number of carbonyl (C=O) groups is 1. The predicted molar refractivity (Wildman–Crippen MR) is 123 cm³/mol. The lowest BCUT2D eigenvalue weighted by atomic mass is 9.48. The third-order valence-corrected chi connectivity index (χ3v) is 10.6. The molecule has 0 aliphatic heterocycles. The Kier molecular flexibility index (Phi) is 6.12. The van der Waals surface area contributed by atoms with Gasteiger partial charge in [0.05, 0.1) is 0 Å². The van der Waals surface area contributed by atoms with Gasteiger partial charge in [-0.1, -0.05) is 51.2 Å². The van der Waals surface area contributed by atoms with Gasteiger partial charge in [-0.2, -0.15) is 17.2 Å². The number of hydrogen-bond donors (Lipinski definition) is 1. The van der Waals surface area contributed by atoms with Crippen molar-refractivity contribution in [2.75, 3.05) is 0 Å². The summed E-state index contributed by atoms with van der Waals surface area (Å²) in [6.07, 6.45) is 8.09. The summed E-state index contributed by atoms with van der Waals surface area (Å²) in [5.41, 5.74) is -0.673. The molecule has 0 spiro atoms. The molecule has 4 aliphatic rings. The van der Waals surface area contributed by atoms with Crippen LogP contribution in [-0.2, 0) is 19.3 Å². The van der Waals surface area contributed by atoms with Gasteiger partial charge in [0.25, 0.3) is 0 Å². The first-order chi connectivity index (χ1) is 15.6. The topological polar surface area (TPSA) is 72.5 Å².